The standard InChI is InChI=1S/C20H16N2O5/c1-11-4-5-16-15(6-11)19(21-27-16)22-9-12(10-23)13-7-17(25-2)18(26-3)8-14(13)20(22)24/h4-10H,1-3H3. The third-order valence-electron chi connectivity index (χ3n) is 4.51. The van der Waals surface area contributed by atoms with Gasteiger partial charge in [0.05, 0.1) is 25.0 Å². The minimum atomic E-state index is -0.340. The molecule has 2 aromatic carbocycles. The molecule has 2 heterocycles. The fourth-order valence-corrected chi connectivity index (χ4v) is 3.16. The zero-order valence-corrected chi connectivity index (χ0v) is 15.0. The molecule has 0 aliphatic heterocycles. The van der Waals surface area contributed by atoms with Gasteiger partial charge >= 0.3 is 0 Å². The van der Waals surface area contributed by atoms with E-state index in [0.717, 1.165) is 5.56 Å². The van der Waals surface area contributed by atoms with E-state index >= 15 is 0 Å². The van der Waals surface area contributed by atoms with Gasteiger partial charge in [0.15, 0.2) is 29.2 Å². The summed E-state index contributed by atoms with van der Waals surface area (Å²) in [6.07, 6.45) is 2.15. The van der Waals surface area contributed by atoms with E-state index in [-0.39, 0.29) is 5.56 Å². The van der Waals surface area contributed by atoms with Crippen LogP contribution in [-0.2, 0) is 0 Å². The molecule has 7 heteroatoms. The maximum absolute atomic E-state index is 13.2. The highest BCUT2D eigenvalue weighted by molar-refractivity contribution is 5.99. The van der Waals surface area contributed by atoms with Crippen molar-refractivity contribution >= 4 is 28.0 Å². The summed E-state index contributed by atoms with van der Waals surface area (Å²) in [6, 6.07) is 8.76. The van der Waals surface area contributed by atoms with E-state index in [2.05, 4.69) is 5.16 Å². The normalized spacial score (nSPS) is 11.1. The molecule has 0 atom stereocenters. The number of carbonyl (C=O) groups excluding carboxylic acids is 1. The Morgan fingerprint density at radius 3 is 2.41 bits per heavy atom. The second kappa shape index (κ2) is 6.28. The Morgan fingerprint density at radius 2 is 1.74 bits per heavy atom. The van der Waals surface area contributed by atoms with E-state index in [0.29, 0.717) is 50.9 Å². The van der Waals surface area contributed by atoms with Crippen LogP contribution < -0.4 is 15.0 Å². The molecular formula is C20H16N2O5. The lowest BCUT2D eigenvalue weighted by Crippen LogP contribution is -2.20. The Morgan fingerprint density at radius 1 is 1.04 bits per heavy atom. The lowest BCUT2D eigenvalue weighted by atomic mass is 10.1. The predicted molar refractivity (Wildman–Crippen MR) is 100 cm³/mol. The summed E-state index contributed by atoms with van der Waals surface area (Å²) in [5.74, 6) is 1.17. The number of pyridine rings is 1. The van der Waals surface area contributed by atoms with Gasteiger partial charge in [0.2, 0.25) is 0 Å². The summed E-state index contributed by atoms with van der Waals surface area (Å²) in [5, 5.41) is 5.53. The van der Waals surface area contributed by atoms with Crippen LogP contribution in [0.4, 0.5) is 0 Å². The number of carbonyl (C=O) groups is 1. The Bertz CT molecular complexity index is 1250. The van der Waals surface area contributed by atoms with E-state index in [1.807, 2.05) is 19.1 Å². The number of aromatic nitrogens is 2. The number of fused-ring (bicyclic) bond motifs is 2. The summed E-state index contributed by atoms with van der Waals surface area (Å²) in [7, 11) is 2.98. The molecule has 0 radical (unpaired) electrons. The molecule has 0 bridgehead atoms. The third kappa shape index (κ3) is 2.55. The average molecular weight is 364 g/mol. The summed E-state index contributed by atoms with van der Waals surface area (Å²) in [6.45, 7) is 1.94. The lowest BCUT2D eigenvalue weighted by molar-refractivity contribution is 0.112. The van der Waals surface area contributed by atoms with Crippen LogP contribution in [0, 0.1) is 6.92 Å². The number of hydrogen-bond donors (Lipinski definition) is 0. The smallest absolute Gasteiger partial charge is 0.264 e. The highest BCUT2D eigenvalue weighted by Gasteiger charge is 2.18. The van der Waals surface area contributed by atoms with Gasteiger partial charge in [-0.3, -0.25) is 14.2 Å². The van der Waals surface area contributed by atoms with Crippen molar-refractivity contribution in [2.75, 3.05) is 14.2 Å². The Labute approximate surface area is 153 Å². The Hall–Kier alpha value is -3.61. The van der Waals surface area contributed by atoms with Crippen molar-refractivity contribution in [1.29, 1.82) is 0 Å². The molecule has 27 heavy (non-hydrogen) atoms. The van der Waals surface area contributed by atoms with Crippen LogP contribution in [0.5, 0.6) is 11.5 Å². The van der Waals surface area contributed by atoms with Gasteiger partial charge in [0.1, 0.15) is 0 Å². The second-order valence-corrected chi connectivity index (χ2v) is 6.14. The van der Waals surface area contributed by atoms with E-state index < -0.39 is 0 Å². The predicted octanol–water partition coefficient (Wildman–Crippen LogP) is 3.27. The molecule has 136 valence electrons. The molecule has 0 aliphatic carbocycles. The van der Waals surface area contributed by atoms with Crippen molar-refractivity contribution in [3.8, 4) is 17.3 Å². The van der Waals surface area contributed by atoms with Gasteiger partial charge < -0.3 is 14.0 Å². The minimum Gasteiger partial charge on any atom is -0.493 e. The van der Waals surface area contributed by atoms with Crippen LogP contribution in [0.1, 0.15) is 15.9 Å². The maximum atomic E-state index is 13.2. The molecule has 0 N–H and O–H groups in total. The monoisotopic (exact) mass is 364 g/mol. The zero-order valence-electron chi connectivity index (χ0n) is 15.0. The minimum absolute atomic E-state index is 0.320. The summed E-state index contributed by atoms with van der Waals surface area (Å²) in [4.78, 5) is 24.9. The molecule has 0 spiro atoms. The van der Waals surface area contributed by atoms with Gasteiger partial charge in [-0.25, -0.2) is 0 Å². The van der Waals surface area contributed by atoms with E-state index in [1.54, 1.807) is 18.2 Å². The number of methoxy groups -OCH3 is 2. The summed E-state index contributed by atoms with van der Waals surface area (Å²) < 4.78 is 17.2. The van der Waals surface area contributed by atoms with E-state index in [4.69, 9.17) is 14.0 Å². The zero-order chi connectivity index (χ0) is 19.1. The summed E-state index contributed by atoms with van der Waals surface area (Å²) in [5.41, 5.74) is 1.55. The van der Waals surface area contributed by atoms with Crippen LogP contribution in [0.25, 0.3) is 27.6 Å². The van der Waals surface area contributed by atoms with Crippen LogP contribution in [0.2, 0.25) is 0 Å². The molecule has 0 unspecified atom stereocenters. The van der Waals surface area contributed by atoms with Crippen molar-refractivity contribution in [3.05, 3.63) is 58.0 Å². The van der Waals surface area contributed by atoms with Crippen molar-refractivity contribution < 1.29 is 18.8 Å². The molecule has 0 saturated heterocycles. The Balaban J connectivity index is 2.10. The van der Waals surface area contributed by atoms with Crippen molar-refractivity contribution in [1.82, 2.24) is 9.72 Å². The van der Waals surface area contributed by atoms with Gasteiger partial charge in [-0.15, -0.1) is 0 Å². The average Bonchev–Trinajstić information content (AvgIpc) is 3.10. The molecule has 2 aromatic heterocycles. The highest BCUT2D eigenvalue weighted by atomic mass is 16.5. The molecule has 4 aromatic rings. The van der Waals surface area contributed by atoms with Crippen LogP contribution in [0.15, 0.2) is 45.8 Å². The van der Waals surface area contributed by atoms with Gasteiger partial charge in [0, 0.05) is 17.1 Å². The molecule has 0 fully saturated rings. The van der Waals surface area contributed by atoms with Gasteiger partial charge in [-0.1, -0.05) is 16.8 Å². The van der Waals surface area contributed by atoms with Crippen molar-refractivity contribution in [2.45, 2.75) is 6.92 Å². The number of ether oxygens (including phenoxy) is 2. The van der Waals surface area contributed by atoms with Crippen molar-refractivity contribution in [2.24, 2.45) is 0 Å². The van der Waals surface area contributed by atoms with E-state index in [9.17, 15) is 9.59 Å². The fraction of sp³-hybridized carbons (Fsp3) is 0.150. The number of hydrogen-bond acceptors (Lipinski definition) is 6. The molecule has 0 saturated carbocycles. The van der Waals surface area contributed by atoms with Gasteiger partial charge in [0.25, 0.3) is 5.56 Å². The first-order chi connectivity index (χ1) is 13.1. The number of nitrogens with zero attached hydrogens (tertiary/aromatic N) is 2. The van der Waals surface area contributed by atoms with Crippen LogP contribution in [0.3, 0.4) is 0 Å². The molecular weight excluding hydrogens is 348 g/mol. The first-order valence-electron chi connectivity index (χ1n) is 8.20. The van der Waals surface area contributed by atoms with Crippen LogP contribution in [-0.4, -0.2) is 30.2 Å². The Kier molecular flexibility index (Phi) is 3.92. The largest absolute Gasteiger partial charge is 0.493 e. The molecule has 4 rings (SSSR count). The fourth-order valence-electron chi connectivity index (χ4n) is 3.16. The highest BCUT2D eigenvalue weighted by Crippen LogP contribution is 2.32. The van der Waals surface area contributed by atoms with E-state index in [1.165, 1.54) is 25.0 Å². The number of benzene rings is 2. The first-order valence-corrected chi connectivity index (χ1v) is 8.20. The molecule has 0 aliphatic rings. The topological polar surface area (TPSA) is 83.6 Å². The number of rotatable bonds is 4. The molecule has 0 amide bonds. The van der Waals surface area contributed by atoms with Crippen LogP contribution >= 0.6 is 0 Å². The van der Waals surface area contributed by atoms with Gasteiger partial charge in [-0.2, -0.15) is 0 Å². The quantitative estimate of drug-likeness (QED) is 0.517. The first kappa shape index (κ1) is 16.8. The molecule has 7 nitrogen and oxygen atoms in total. The lowest BCUT2D eigenvalue weighted by Gasteiger charge is -2.12. The third-order valence-corrected chi connectivity index (χ3v) is 4.51. The maximum Gasteiger partial charge on any atom is 0.264 e. The number of aryl methyl sites for hydroxylation is 1. The van der Waals surface area contributed by atoms with Gasteiger partial charge in [-0.05, 0) is 31.2 Å². The number of aldehydes is 1. The van der Waals surface area contributed by atoms with Crippen molar-refractivity contribution in [3.63, 3.8) is 0 Å². The SMILES string of the molecule is COc1cc2c(C=O)cn(-c3noc4ccc(C)cc34)c(=O)c2cc1OC. The second-order valence-electron chi connectivity index (χ2n) is 6.14. The summed E-state index contributed by atoms with van der Waals surface area (Å²) >= 11 is 0.